The third-order valence-electron chi connectivity index (χ3n) is 3.94. The molecule has 0 fully saturated rings. The van der Waals surface area contributed by atoms with E-state index in [0.717, 1.165) is 10.4 Å². The smallest absolute Gasteiger partial charge is 0.367 e. The summed E-state index contributed by atoms with van der Waals surface area (Å²) in [7, 11) is -6.29. The van der Waals surface area contributed by atoms with Gasteiger partial charge in [-0.05, 0) is 83.1 Å². The van der Waals surface area contributed by atoms with Gasteiger partial charge in [0.2, 0.25) is 0 Å². The van der Waals surface area contributed by atoms with Crippen LogP contribution in [-0.2, 0) is 26.6 Å². The van der Waals surface area contributed by atoms with Crippen LogP contribution in [0.5, 0.6) is 0 Å². The average Bonchev–Trinajstić information content (AvgIpc) is 2.58. The molecule has 0 heterocycles. The quantitative estimate of drug-likeness (QED) is 0.360. The molecule has 0 unspecified atom stereocenters. The highest BCUT2D eigenvalue weighted by Gasteiger charge is 2.49. The van der Waals surface area contributed by atoms with Gasteiger partial charge in [0.25, 0.3) is 0 Å². The van der Waals surface area contributed by atoms with E-state index < -0.39 is 17.6 Å². The Kier molecular flexibility index (Phi) is 11.7. The zero-order valence-electron chi connectivity index (χ0n) is 22.2. The molecule has 8 heteroatoms. The lowest BCUT2D eigenvalue weighted by atomic mass is 10.4. The molecule has 0 spiro atoms. The molecule has 0 atom stereocenters. The van der Waals surface area contributed by atoms with Gasteiger partial charge in [-0.25, -0.2) is 0 Å². The van der Waals surface area contributed by atoms with Gasteiger partial charge in [-0.2, -0.15) is 0 Å². The second-order valence-corrected chi connectivity index (χ2v) is 14.5. The highest BCUT2D eigenvalue weighted by Crippen LogP contribution is 2.21. The van der Waals surface area contributed by atoms with Crippen LogP contribution in [0.2, 0.25) is 0 Å². The van der Waals surface area contributed by atoms with Crippen molar-refractivity contribution in [3.63, 3.8) is 0 Å². The molecule has 0 aliphatic rings. The van der Waals surface area contributed by atoms with Crippen molar-refractivity contribution in [2.75, 3.05) is 0 Å². The number of rotatable bonds is 14. The van der Waals surface area contributed by atoms with Crippen molar-refractivity contribution in [3.05, 3.63) is 24.3 Å². The summed E-state index contributed by atoms with van der Waals surface area (Å²) in [4.78, 5) is 0. The molecule has 0 radical (unpaired) electrons. The van der Waals surface area contributed by atoms with Crippen molar-refractivity contribution >= 4 is 28.0 Å². The summed E-state index contributed by atoms with van der Waals surface area (Å²) in [6, 6.07) is 8.09. The summed E-state index contributed by atoms with van der Waals surface area (Å²) in [6.45, 7) is 24.1. The van der Waals surface area contributed by atoms with Gasteiger partial charge in [-0.15, -0.1) is 0 Å². The van der Waals surface area contributed by atoms with Gasteiger partial charge in [-0.1, -0.05) is 24.3 Å². The first-order valence-electron chi connectivity index (χ1n) is 11.9. The molecule has 0 aliphatic carbocycles. The second-order valence-electron chi connectivity index (χ2n) is 9.69. The summed E-state index contributed by atoms with van der Waals surface area (Å²) < 4.78 is 38.3. The van der Waals surface area contributed by atoms with Crippen LogP contribution in [0.15, 0.2) is 24.3 Å². The van der Waals surface area contributed by atoms with Gasteiger partial charge < -0.3 is 26.6 Å². The molecule has 1 rings (SSSR count). The van der Waals surface area contributed by atoms with E-state index in [1.54, 1.807) is 0 Å². The second kappa shape index (κ2) is 12.8. The van der Waals surface area contributed by atoms with E-state index in [4.69, 9.17) is 26.6 Å². The number of benzene rings is 1. The van der Waals surface area contributed by atoms with Crippen LogP contribution >= 0.6 is 0 Å². The van der Waals surface area contributed by atoms with E-state index in [0.29, 0.717) is 0 Å². The molecule has 1 aromatic carbocycles. The Labute approximate surface area is 198 Å². The van der Waals surface area contributed by atoms with Gasteiger partial charge in [-0.3, -0.25) is 0 Å². The minimum absolute atomic E-state index is 0.0369. The highest BCUT2D eigenvalue weighted by molar-refractivity contribution is 6.77. The van der Waals surface area contributed by atoms with Gasteiger partial charge in [0, 0.05) is 47.0 Å². The fourth-order valence-corrected chi connectivity index (χ4v) is 9.34. The Hall–Kier alpha value is -0.586. The maximum atomic E-state index is 6.38. The highest BCUT2D eigenvalue weighted by atomic mass is 28.4. The van der Waals surface area contributed by atoms with Crippen molar-refractivity contribution in [2.24, 2.45) is 0 Å². The van der Waals surface area contributed by atoms with Crippen molar-refractivity contribution < 1.29 is 26.6 Å². The normalized spacial score (nSPS) is 13.6. The average molecular weight is 487 g/mol. The minimum atomic E-state index is -3.15. The van der Waals surface area contributed by atoms with Crippen LogP contribution in [0.4, 0.5) is 0 Å². The van der Waals surface area contributed by atoms with Crippen molar-refractivity contribution in [1.82, 2.24) is 0 Å². The van der Waals surface area contributed by atoms with Crippen LogP contribution < -0.4 is 10.4 Å². The lowest BCUT2D eigenvalue weighted by Crippen LogP contribution is -2.62. The minimum Gasteiger partial charge on any atom is -0.367 e. The number of hydrogen-bond donors (Lipinski definition) is 0. The summed E-state index contributed by atoms with van der Waals surface area (Å²) >= 11 is 0. The fourth-order valence-electron chi connectivity index (χ4n) is 3.32. The first kappa shape index (κ1) is 29.4. The molecule has 1 aromatic rings. The van der Waals surface area contributed by atoms with Gasteiger partial charge >= 0.3 is 17.6 Å². The summed E-state index contributed by atoms with van der Waals surface area (Å²) in [5, 5.41) is 1.83. The lowest BCUT2D eigenvalue weighted by Gasteiger charge is -2.36. The van der Waals surface area contributed by atoms with E-state index >= 15 is 0 Å². The monoisotopic (exact) mass is 486 g/mol. The summed E-state index contributed by atoms with van der Waals surface area (Å²) in [6.07, 6.45) is -0.221. The van der Waals surface area contributed by atoms with E-state index in [2.05, 4.69) is 0 Å². The maximum absolute atomic E-state index is 6.38. The Bertz CT molecular complexity index is 549. The summed E-state index contributed by atoms with van der Waals surface area (Å²) in [5.41, 5.74) is 0. The molecule has 32 heavy (non-hydrogen) atoms. The SMILES string of the molecule is CC(C)O[Si](OC(C)C)(OC(C)C)c1ccc([Si](OC(C)C)(OC(C)C)OC(C)C)cc1. The first-order valence-corrected chi connectivity index (χ1v) is 15.3. The van der Waals surface area contributed by atoms with Gasteiger partial charge in [0.15, 0.2) is 0 Å². The third-order valence-corrected chi connectivity index (χ3v) is 10.7. The van der Waals surface area contributed by atoms with E-state index in [-0.39, 0.29) is 36.6 Å². The molecule has 0 aliphatic heterocycles. The molecule has 0 amide bonds. The Morgan fingerprint density at radius 1 is 0.375 bits per heavy atom. The summed E-state index contributed by atoms with van der Waals surface area (Å²) in [5.74, 6) is 0. The largest absolute Gasteiger partial charge is 0.537 e. The van der Waals surface area contributed by atoms with Crippen LogP contribution in [0.25, 0.3) is 0 Å². The van der Waals surface area contributed by atoms with Gasteiger partial charge in [0.1, 0.15) is 0 Å². The van der Waals surface area contributed by atoms with E-state index in [1.807, 2.05) is 107 Å². The van der Waals surface area contributed by atoms with E-state index in [9.17, 15) is 0 Å². The molecule has 6 nitrogen and oxygen atoms in total. The van der Waals surface area contributed by atoms with Gasteiger partial charge in [0.05, 0.1) is 0 Å². The molecular weight excluding hydrogens is 440 g/mol. The topological polar surface area (TPSA) is 55.4 Å². The maximum Gasteiger partial charge on any atom is 0.537 e. The van der Waals surface area contributed by atoms with Crippen LogP contribution in [-0.4, -0.2) is 54.2 Å². The zero-order valence-corrected chi connectivity index (χ0v) is 24.2. The van der Waals surface area contributed by atoms with Crippen LogP contribution in [0, 0.1) is 0 Å². The molecule has 0 saturated carbocycles. The van der Waals surface area contributed by atoms with E-state index in [1.165, 1.54) is 0 Å². The Balaban J connectivity index is 3.55. The first-order chi connectivity index (χ1) is 14.7. The predicted octanol–water partition coefficient (Wildman–Crippen LogP) is 4.53. The molecular formula is C24H46O6Si2. The standard InChI is InChI=1S/C24H46O6Si2/c1-17(2)25-31(26-18(3)4,27-19(5)6)23-13-15-24(16-14-23)32(28-20(7)8,29-21(9)10)30-22(11)12/h13-22H,1-12H3. The molecule has 0 aromatic heterocycles. The fraction of sp³-hybridized carbons (Fsp3) is 0.750. The van der Waals surface area contributed by atoms with Crippen molar-refractivity contribution in [2.45, 2.75) is 120 Å². The number of hydrogen-bond acceptors (Lipinski definition) is 6. The third kappa shape index (κ3) is 8.98. The molecule has 0 saturated heterocycles. The van der Waals surface area contributed by atoms with Crippen molar-refractivity contribution in [1.29, 1.82) is 0 Å². The molecule has 0 bridgehead atoms. The van der Waals surface area contributed by atoms with Crippen LogP contribution in [0.3, 0.4) is 0 Å². The van der Waals surface area contributed by atoms with Crippen LogP contribution in [0.1, 0.15) is 83.1 Å². The van der Waals surface area contributed by atoms with Crippen molar-refractivity contribution in [3.8, 4) is 0 Å². The molecule has 186 valence electrons. The lowest BCUT2D eigenvalue weighted by molar-refractivity contribution is 0.0137. The Morgan fingerprint density at radius 2 is 0.531 bits per heavy atom. The zero-order chi connectivity index (χ0) is 24.7. The predicted molar refractivity (Wildman–Crippen MR) is 135 cm³/mol. The Morgan fingerprint density at radius 3 is 0.656 bits per heavy atom. The molecule has 0 N–H and O–H groups in total.